The number of methoxy groups -OCH3 is 1. The molecule has 0 aliphatic carbocycles. The molecule has 2 aromatic rings. The minimum absolute atomic E-state index is 0.0743. The molecule has 1 N–H and O–H groups in total. The van der Waals surface area contributed by atoms with E-state index < -0.39 is 17.7 Å². The van der Waals surface area contributed by atoms with Gasteiger partial charge in [-0.1, -0.05) is 55.8 Å². The zero-order valence-electron chi connectivity index (χ0n) is 18.7. The van der Waals surface area contributed by atoms with E-state index in [1.165, 1.54) is 13.2 Å². The molecule has 1 fully saturated rings. The van der Waals surface area contributed by atoms with Crippen LogP contribution in [-0.4, -0.2) is 59.9 Å². The van der Waals surface area contributed by atoms with Crippen LogP contribution in [0.1, 0.15) is 37.4 Å². The predicted molar refractivity (Wildman–Crippen MR) is 126 cm³/mol. The number of hydrogen-bond donors (Lipinski definition) is 1. The van der Waals surface area contributed by atoms with Gasteiger partial charge in [0.2, 0.25) is 0 Å². The Hall–Kier alpha value is -2.83. The monoisotopic (exact) mass is 456 g/mol. The van der Waals surface area contributed by atoms with Crippen molar-refractivity contribution in [3.05, 3.63) is 70.3 Å². The molecule has 32 heavy (non-hydrogen) atoms. The summed E-state index contributed by atoms with van der Waals surface area (Å²) in [7, 11) is 1.50. The van der Waals surface area contributed by atoms with E-state index in [-0.39, 0.29) is 11.3 Å². The molecule has 7 heteroatoms. The lowest BCUT2D eigenvalue weighted by Crippen LogP contribution is -2.33. The number of aliphatic hydroxyl groups excluding tert-OH is 1. The van der Waals surface area contributed by atoms with Crippen LogP contribution in [0.4, 0.5) is 0 Å². The molecule has 1 unspecified atom stereocenters. The van der Waals surface area contributed by atoms with Gasteiger partial charge in [0.25, 0.3) is 11.7 Å². The molecule has 2 aromatic carbocycles. The number of hydrogen-bond acceptors (Lipinski definition) is 5. The van der Waals surface area contributed by atoms with Crippen LogP contribution in [0.2, 0.25) is 5.02 Å². The molecule has 170 valence electrons. The lowest BCUT2D eigenvalue weighted by Gasteiger charge is -2.26. The lowest BCUT2D eigenvalue weighted by molar-refractivity contribution is -0.140. The second-order valence-corrected chi connectivity index (χ2v) is 8.04. The molecule has 0 radical (unpaired) electrons. The summed E-state index contributed by atoms with van der Waals surface area (Å²) in [6, 6.07) is 13.4. The topological polar surface area (TPSA) is 70.1 Å². The largest absolute Gasteiger partial charge is 0.507 e. The van der Waals surface area contributed by atoms with Crippen LogP contribution >= 0.6 is 11.6 Å². The molecular weight excluding hydrogens is 428 g/mol. The number of ketones is 1. The van der Waals surface area contributed by atoms with Crippen molar-refractivity contribution in [1.82, 2.24) is 9.80 Å². The maximum atomic E-state index is 13.1. The summed E-state index contributed by atoms with van der Waals surface area (Å²) in [6.45, 7) is 7.29. The van der Waals surface area contributed by atoms with Gasteiger partial charge in [-0.3, -0.25) is 9.59 Å². The smallest absolute Gasteiger partial charge is 0.295 e. The van der Waals surface area contributed by atoms with Crippen molar-refractivity contribution >= 4 is 29.1 Å². The highest BCUT2D eigenvalue weighted by atomic mass is 35.5. The van der Waals surface area contributed by atoms with Crippen LogP contribution in [0.25, 0.3) is 5.76 Å². The molecule has 1 aliphatic rings. The molecule has 0 aromatic heterocycles. The van der Waals surface area contributed by atoms with E-state index in [4.69, 9.17) is 16.3 Å². The van der Waals surface area contributed by atoms with Crippen molar-refractivity contribution in [1.29, 1.82) is 0 Å². The van der Waals surface area contributed by atoms with Crippen LogP contribution in [0.15, 0.2) is 54.1 Å². The second kappa shape index (κ2) is 10.7. The number of benzene rings is 2. The third-order valence-electron chi connectivity index (χ3n) is 5.85. The van der Waals surface area contributed by atoms with Crippen molar-refractivity contribution in [3.8, 4) is 5.75 Å². The maximum absolute atomic E-state index is 13.1. The Bertz CT molecular complexity index is 1000. The SMILES string of the molecule is CCN(CC)CCCN1C(=O)C(=O)/C(=C(\O)c2ccc(OC)c(Cl)c2)C1c1ccccc1. The van der Waals surface area contributed by atoms with Crippen molar-refractivity contribution < 1.29 is 19.4 Å². The summed E-state index contributed by atoms with van der Waals surface area (Å²) < 4.78 is 5.17. The van der Waals surface area contributed by atoms with Crippen molar-refractivity contribution in [2.24, 2.45) is 0 Å². The fourth-order valence-corrected chi connectivity index (χ4v) is 4.32. The standard InChI is InChI=1S/C25H29ClN2O4/c1-4-27(5-2)14-9-15-28-22(17-10-7-6-8-11-17)21(24(30)25(28)31)23(29)18-12-13-20(32-3)19(26)16-18/h6-8,10-13,16,22,29H,4-5,9,14-15H2,1-3H3/b23-21-. The Morgan fingerprint density at radius 1 is 1.12 bits per heavy atom. The van der Waals surface area contributed by atoms with Crippen LogP contribution < -0.4 is 4.74 Å². The van der Waals surface area contributed by atoms with E-state index in [0.717, 1.165) is 31.6 Å². The van der Waals surface area contributed by atoms with Crippen LogP contribution in [0, 0.1) is 0 Å². The van der Waals surface area contributed by atoms with Crippen molar-refractivity contribution in [2.45, 2.75) is 26.3 Å². The van der Waals surface area contributed by atoms with Gasteiger partial charge in [0.05, 0.1) is 23.7 Å². The average molecular weight is 457 g/mol. The van der Waals surface area contributed by atoms with E-state index in [0.29, 0.717) is 22.9 Å². The van der Waals surface area contributed by atoms with E-state index in [1.807, 2.05) is 30.3 Å². The molecule has 1 aliphatic heterocycles. The van der Waals surface area contributed by atoms with Crippen LogP contribution in [0.3, 0.4) is 0 Å². The number of Topliss-reactive ketones (excluding diaryl/α,β-unsaturated/α-hetero) is 1. The zero-order valence-corrected chi connectivity index (χ0v) is 19.4. The fraction of sp³-hybridized carbons (Fsp3) is 0.360. The van der Waals surface area contributed by atoms with Gasteiger partial charge in [-0.05, 0) is 49.8 Å². The van der Waals surface area contributed by atoms with Gasteiger partial charge >= 0.3 is 0 Å². The number of likely N-dealkylation sites (tertiary alicyclic amines) is 1. The summed E-state index contributed by atoms with van der Waals surface area (Å²) in [5, 5.41) is 11.4. The predicted octanol–water partition coefficient (Wildman–Crippen LogP) is 4.50. The number of ether oxygens (including phenoxy) is 1. The first-order valence-electron chi connectivity index (χ1n) is 10.8. The number of carbonyl (C=O) groups is 2. The second-order valence-electron chi connectivity index (χ2n) is 7.63. The van der Waals surface area contributed by atoms with E-state index in [9.17, 15) is 14.7 Å². The summed E-state index contributed by atoms with van der Waals surface area (Å²) in [5.74, 6) is -1.07. The van der Waals surface area contributed by atoms with Gasteiger partial charge in [0.1, 0.15) is 11.5 Å². The molecule has 0 saturated carbocycles. The third-order valence-corrected chi connectivity index (χ3v) is 6.14. The number of halogens is 1. The number of rotatable bonds is 9. The molecule has 1 heterocycles. The third kappa shape index (κ3) is 4.81. The summed E-state index contributed by atoms with van der Waals surface area (Å²) in [5.41, 5.74) is 1.21. The van der Waals surface area contributed by atoms with Crippen LogP contribution in [-0.2, 0) is 9.59 Å². The Labute approximate surface area is 194 Å². The molecule has 3 rings (SSSR count). The Kier molecular flexibility index (Phi) is 7.94. The minimum Gasteiger partial charge on any atom is -0.507 e. The molecular formula is C25H29ClN2O4. The van der Waals surface area contributed by atoms with Gasteiger partial charge < -0.3 is 19.6 Å². The summed E-state index contributed by atoms with van der Waals surface area (Å²) in [4.78, 5) is 29.9. The highest BCUT2D eigenvalue weighted by Crippen LogP contribution is 2.40. The van der Waals surface area contributed by atoms with Crippen LogP contribution in [0.5, 0.6) is 5.75 Å². The highest BCUT2D eigenvalue weighted by Gasteiger charge is 2.45. The van der Waals surface area contributed by atoms with E-state index in [1.54, 1.807) is 17.0 Å². The molecule has 1 atom stereocenters. The van der Waals surface area contributed by atoms with Gasteiger partial charge in [-0.25, -0.2) is 0 Å². The van der Waals surface area contributed by atoms with E-state index >= 15 is 0 Å². The van der Waals surface area contributed by atoms with Crippen molar-refractivity contribution in [3.63, 3.8) is 0 Å². The minimum atomic E-state index is -0.689. The number of aliphatic hydroxyl groups is 1. The molecule has 0 bridgehead atoms. The first-order valence-corrected chi connectivity index (χ1v) is 11.2. The van der Waals surface area contributed by atoms with Gasteiger partial charge in [-0.15, -0.1) is 0 Å². The fourth-order valence-electron chi connectivity index (χ4n) is 4.07. The molecule has 1 saturated heterocycles. The van der Waals surface area contributed by atoms with Gasteiger partial charge in [-0.2, -0.15) is 0 Å². The van der Waals surface area contributed by atoms with E-state index in [2.05, 4.69) is 18.7 Å². The summed E-state index contributed by atoms with van der Waals surface area (Å²) >= 11 is 6.23. The molecule has 6 nitrogen and oxygen atoms in total. The Morgan fingerprint density at radius 2 is 1.81 bits per heavy atom. The quantitative estimate of drug-likeness (QED) is 0.341. The average Bonchev–Trinajstić information content (AvgIpc) is 3.06. The normalized spacial score (nSPS) is 17.9. The molecule has 1 amide bonds. The number of carbonyl (C=O) groups excluding carboxylic acids is 2. The first-order chi connectivity index (χ1) is 15.4. The first kappa shape index (κ1) is 23.8. The molecule has 0 spiro atoms. The van der Waals surface area contributed by atoms with Gasteiger partial charge in [0, 0.05) is 12.1 Å². The maximum Gasteiger partial charge on any atom is 0.295 e. The lowest BCUT2D eigenvalue weighted by atomic mass is 9.95. The van der Waals surface area contributed by atoms with Gasteiger partial charge in [0.15, 0.2) is 0 Å². The number of nitrogens with zero attached hydrogens (tertiary/aromatic N) is 2. The highest BCUT2D eigenvalue weighted by molar-refractivity contribution is 6.46. The van der Waals surface area contributed by atoms with Crippen molar-refractivity contribution in [2.75, 3.05) is 33.3 Å². The Balaban J connectivity index is 2.02. The zero-order chi connectivity index (χ0) is 23.3. The summed E-state index contributed by atoms with van der Waals surface area (Å²) in [6.07, 6.45) is 0.729. The number of amides is 1. The Morgan fingerprint density at radius 3 is 2.41 bits per heavy atom.